The van der Waals surface area contributed by atoms with E-state index in [4.69, 9.17) is 9.52 Å². The van der Waals surface area contributed by atoms with Crippen LogP contribution in [0.15, 0.2) is 39.4 Å². The first kappa shape index (κ1) is 23.5. The lowest BCUT2D eigenvalue weighted by atomic mass is 10.2. The summed E-state index contributed by atoms with van der Waals surface area (Å²) in [5.41, 5.74) is 1.00. The van der Waals surface area contributed by atoms with E-state index in [2.05, 4.69) is 49.6 Å². The van der Waals surface area contributed by atoms with E-state index in [0.717, 1.165) is 57.5 Å². The van der Waals surface area contributed by atoms with Gasteiger partial charge < -0.3 is 14.7 Å². The van der Waals surface area contributed by atoms with Crippen molar-refractivity contribution in [3.63, 3.8) is 0 Å². The molecule has 0 bridgehead atoms. The van der Waals surface area contributed by atoms with Gasteiger partial charge in [0.2, 0.25) is 0 Å². The smallest absolute Gasteiger partial charge is 0.194 e. The zero-order valence-electron chi connectivity index (χ0n) is 17.7. The van der Waals surface area contributed by atoms with Crippen LogP contribution in [0.1, 0.15) is 36.4 Å². The van der Waals surface area contributed by atoms with Crippen molar-refractivity contribution in [2.75, 3.05) is 52.4 Å². The fourth-order valence-corrected chi connectivity index (χ4v) is 5.04. The Morgan fingerprint density at radius 3 is 2.63 bits per heavy atom. The Balaban J connectivity index is 0.00000256. The molecule has 1 N–H and O–H groups in total. The lowest BCUT2D eigenvalue weighted by Crippen LogP contribution is -2.52. The molecular weight excluding hydrogens is 511 g/mol. The molecule has 2 aromatic rings. The van der Waals surface area contributed by atoms with Gasteiger partial charge in [-0.2, -0.15) is 0 Å². The molecule has 1 atom stereocenters. The molecule has 1 unspecified atom stereocenters. The first-order valence-corrected chi connectivity index (χ1v) is 11.6. The van der Waals surface area contributed by atoms with Gasteiger partial charge in [0.25, 0.3) is 0 Å². The molecule has 2 aliphatic rings. The molecule has 0 radical (unpaired) electrons. The van der Waals surface area contributed by atoms with Gasteiger partial charge in [-0.15, -0.1) is 35.3 Å². The second kappa shape index (κ2) is 12.0. The van der Waals surface area contributed by atoms with E-state index in [-0.39, 0.29) is 24.0 Å². The topological polar surface area (TPSA) is 60.1 Å². The van der Waals surface area contributed by atoms with Crippen LogP contribution in [-0.4, -0.2) is 78.2 Å². The molecule has 166 valence electrons. The summed E-state index contributed by atoms with van der Waals surface area (Å²) in [6.45, 7) is 11.1. The number of aliphatic imine (C=N–C) groups is 1. The summed E-state index contributed by atoms with van der Waals surface area (Å²) in [5, 5.41) is 9.74. The van der Waals surface area contributed by atoms with Crippen LogP contribution < -0.4 is 5.32 Å². The van der Waals surface area contributed by atoms with E-state index in [1.54, 1.807) is 6.26 Å². The normalized spacial score (nSPS) is 19.6. The minimum atomic E-state index is 0. The molecule has 2 aliphatic heterocycles. The van der Waals surface area contributed by atoms with E-state index in [1.165, 1.54) is 30.8 Å². The molecule has 0 aromatic carbocycles. The third-order valence-electron chi connectivity index (χ3n) is 5.75. The van der Waals surface area contributed by atoms with Crippen molar-refractivity contribution in [3.05, 3.63) is 40.4 Å². The SMILES string of the molecule is CCNC(=NCC(c1cccs1)N1CCCC1)N1CCN(Cc2ccon2)CC1.I. The summed E-state index contributed by atoms with van der Waals surface area (Å²) in [6, 6.07) is 6.77. The lowest BCUT2D eigenvalue weighted by molar-refractivity contribution is 0.168. The van der Waals surface area contributed by atoms with Crippen LogP contribution in [-0.2, 0) is 6.54 Å². The van der Waals surface area contributed by atoms with Crippen LogP contribution in [0.2, 0.25) is 0 Å². The molecule has 0 spiro atoms. The molecular formula is C21H33IN6OS. The molecule has 9 heteroatoms. The average molecular weight is 545 g/mol. The van der Waals surface area contributed by atoms with Crippen molar-refractivity contribution < 1.29 is 4.52 Å². The van der Waals surface area contributed by atoms with Crippen molar-refractivity contribution in [2.24, 2.45) is 4.99 Å². The van der Waals surface area contributed by atoms with E-state index < -0.39 is 0 Å². The van der Waals surface area contributed by atoms with E-state index in [9.17, 15) is 0 Å². The molecule has 30 heavy (non-hydrogen) atoms. The number of halogens is 1. The summed E-state index contributed by atoms with van der Waals surface area (Å²) < 4.78 is 4.96. The molecule has 4 rings (SSSR count). The Hall–Kier alpha value is -1.17. The van der Waals surface area contributed by atoms with Gasteiger partial charge in [0.05, 0.1) is 18.3 Å². The van der Waals surface area contributed by atoms with Crippen molar-refractivity contribution >= 4 is 41.3 Å². The number of rotatable bonds is 7. The second-order valence-corrected chi connectivity index (χ2v) is 8.70. The van der Waals surface area contributed by atoms with Crippen molar-refractivity contribution in [1.82, 2.24) is 25.2 Å². The van der Waals surface area contributed by atoms with Crippen LogP contribution in [0.5, 0.6) is 0 Å². The molecule has 0 aliphatic carbocycles. The standard InChI is InChI=1S/C21H32N6OS.HI/c1-2-22-21(27-12-10-25(11-13-27)17-18-7-14-28-24-18)23-16-19(20-6-5-15-29-20)26-8-3-4-9-26;/h5-7,14-15,19H,2-4,8-13,16-17H2,1H3,(H,22,23);1H. The zero-order chi connectivity index (χ0) is 19.9. The number of hydrogen-bond acceptors (Lipinski definition) is 6. The maximum Gasteiger partial charge on any atom is 0.194 e. The largest absolute Gasteiger partial charge is 0.364 e. The lowest BCUT2D eigenvalue weighted by Gasteiger charge is -2.36. The highest BCUT2D eigenvalue weighted by Gasteiger charge is 2.25. The van der Waals surface area contributed by atoms with Gasteiger partial charge in [0, 0.05) is 50.2 Å². The third kappa shape index (κ3) is 6.18. The fraction of sp³-hybridized carbons (Fsp3) is 0.619. The Bertz CT molecular complexity index is 740. The quantitative estimate of drug-likeness (QED) is 0.328. The molecule has 7 nitrogen and oxygen atoms in total. The van der Waals surface area contributed by atoms with Crippen LogP contribution in [0.3, 0.4) is 0 Å². The van der Waals surface area contributed by atoms with Crippen molar-refractivity contribution in [3.8, 4) is 0 Å². The monoisotopic (exact) mass is 544 g/mol. The average Bonchev–Trinajstić information content (AvgIpc) is 3.52. The van der Waals surface area contributed by atoms with Crippen LogP contribution in [0, 0.1) is 0 Å². The minimum Gasteiger partial charge on any atom is -0.364 e. The summed E-state index contributed by atoms with van der Waals surface area (Å²) in [5.74, 6) is 1.05. The number of likely N-dealkylation sites (tertiary alicyclic amines) is 1. The van der Waals surface area contributed by atoms with Crippen molar-refractivity contribution in [2.45, 2.75) is 32.4 Å². The summed E-state index contributed by atoms with van der Waals surface area (Å²) in [6.07, 6.45) is 4.25. The number of aromatic nitrogens is 1. The second-order valence-electron chi connectivity index (χ2n) is 7.72. The first-order chi connectivity index (χ1) is 14.3. The predicted molar refractivity (Wildman–Crippen MR) is 133 cm³/mol. The van der Waals surface area contributed by atoms with E-state index in [1.807, 2.05) is 17.4 Å². The Kier molecular flexibility index (Phi) is 9.41. The summed E-state index contributed by atoms with van der Waals surface area (Å²) in [7, 11) is 0. The van der Waals surface area contributed by atoms with Gasteiger partial charge in [-0.05, 0) is 44.3 Å². The fourth-order valence-electron chi connectivity index (χ4n) is 4.18. The Labute approximate surface area is 200 Å². The van der Waals surface area contributed by atoms with Gasteiger partial charge in [-0.1, -0.05) is 11.2 Å². The number of guanidine groups is 1. The highest BCUT2D eigenvalue weighted by molar-refractivity contribution is 14.0. The molecule has 0 amide bonds. The van der Waals surface area contributed by atoms with Crippen LogP contribution >= 0.6 is 35.3 Å². The Morgan fingerprint density at radius 2 is 2.00 bits per heavy atom. The number of piperazine rings is 1. The van der Waals surface area contributed by atoms with E-state index in [0.29, 0.717) is 6.04 Å². The maximum absolute atomic E-state index is 5.09. The molecule has 4 heterocycles. The molecule has 0 saturated carbocycles. The number of nitrogens with zero attached hydrogens (tertiary/aromatic N) is 5. The first-order valence-electron chi connectivity index (χ1n) is 10.8. The molecule has 2 fully saturated rings. The van der Waals surface area contributed by atoms with Gasteiger partial charge in [-0.3, -0.25) is 14.8 Å². The third-order valence-corrected chi connectivity index (χ3v) is 6.72. The summed E-state index contributed by atoms with van der Waals surface area (Å²) >= 11 is 1.86. The summed E-state index contributed by atoms with van der Waals surface area (Å²) in [4.78, 5) is 14.0. The van der Waals surface area contributed by atoms with Gasteiger partial charge in [0.15, 0.2) is 5.96 Å². The van der Waals surface area contributed by atoms with Gasteiger partial charge >= 0.3 is 0 Å². The Morgan fingerprint density at radius 1 is 1.20 bits per heavy atom. The van der Waals surface area contributed by atoms with Crippen molar-refractivity contribution in [1.29, 1.82) is 0 Å². The number of nitrogens with one attached hydrogen (secondary N) is 1. The zero-order valence-corrected chi connectivity index (χ0v) is 20.8. The minimum absolute atomic E-state index is 0. The van der Waals surface area contributed by atoms with E-state index >= 15 is 0 Å². The van der Waals surface area contributed by atoms with Gasteiger partial charge in [-0.25, -0.2) is 0 Å². The number of hydrogen-bond donors (Lipinski definition) is 1. The van der Waals surface area contributed by atoms with Crippen LogP contribution in [0.25, 0.3) is 0 Å². The number of thiophene rings is 1. The molecule has 2 aromatic heterocycles. The molecule has 2 saturated heterocycles. The highest BCUT2D eigenvalue weighted by atomic mass is 127. The maximum atomic E-state index is 5.09. The van der Waals surface area contributed by atoms with Crippen LogP contribution in [0.4, 0.5) is 0 Å². The van der Waals surface area contributed by atoms with Gasteiger partial charge in [0.1, 0.15) is 6.26 Å². The predicted octanol–water partition coefficient (Wildman–Crippen LogP) is 3.27. The highest BCUT2D eigenvalue weighted by Crippen LogP contribution is 2.28.